The van der Waals surface area contributed by atoms with Crippen LogP contribution >= 0.6 is 0 Å². The quantitative estimate of drug-likeness (QED) is 0.709. The van der Waals surface area contributed by atoms with Crippen molar-refractivity contribution in [2.24, 2.45) is 0 Å². The molecule has 0 spiro atoms. The standard InChI is InChI=1S/C8H7FN4O/c1-14-7-5-10-8(4-6(7)9)13-11-2-3-12-13/h2-5H,1H3. The Morgan fingerprint density at radius 2 is 2.07 bits per heavy atom. The molecule has 0 saturated heterocycles. The molecule has 0 amide bonds. The number of nitrogens with zero attached hydrogens (tertiary/aromatic N) is 4. The number of halogens is 1. The molecule has 14 heavy (non-hydrogen) atoms. The average molecular weight is 194 g/mol. The van der Waals surface area contributed by atoms with E-state index >= 15 is 0 Å². The first-order valence-corrected chi connectivity index (χ1v) is 3.87. The van der Waals surface area contributed by atoms with Gasteiger partial charge in [-0.1, -0.05) is 0 Å². The van der Waals surface area contributed by atoms with Gasteiger partial charge in [0, 0.05) is 6.07 Å². The molecule has 0 aliphatic heterocycles. The molecule has 0 atom stereocenters. The first kappa shape index (κ1) is 8.61. The van der Waals surface area contributed by atoms with Crippen molar-refractivity contribution in [1.82, 2.24) is 20.0 Å². The van der Waals surface area contributed by atoms with Crippen molar-refractivity contribution in [3.63, 3.8) is 0 Å². The van der Waals surface area contributed by atoms with Crippen LogP contribution in [-0.4, -0.2) is 27.1 Å². The van der Waals surface area contributed by atoms with Crippen LogP contribution in [0.15, 0.2) is 24.7 Å². The number of pyridine rings is 1. The van der Waals surface area contributed by atoms with Crippen molar-refractivity contribution in [3.05, 3.63) is 30.5 Å². The summed E-state index contributed by atoms with van der Waals surface area (Å²) in [6, 6.07) is 1.21. The maximum atomic E-state index is 13.2. The van der Waals surface area contributed by atoms with Gasteiger partial charge in [0.25, 0.3) is 0 Å². The SMILES string of the molecule is COc1cnc(-n2nccn2)cc1F. The Morgan fingerprint density at radius 1 is 1.36 bits per heavy atom. The zero-order chi connectivity index (χ0) is 9.97. The van der Waals surface area contributed by atoms with Gasteiger partial charge in [-0.05, 0) is 0 Å². The molecule has 0 N–H and O–H groups in total. The Labute approximate surface area is 79.1 Å². The molecule has 2 aromatic rings. The molecule has 2 rings (SSSR count). The highest BCUT2D eigenvalue weighted by Crippen LogP contribution is 2.16. The first-order chi connectivity index (χ1) is 6.81. The van der Waals surface area contributed by atoms with Crippen molar-refractivity contribution in [1.29, 1.82) is 0 Å². The van der Waals surface area contributed by atoms with E-state index in [4.69, 9.17) is 4.74 Å². The zero-order valence-electron chi connectivity index (χ0n) is 7.38. The summed E-state index contributed by atoms with van der Waals surface area (Å²) in [7, 11) is 1.38. The number of hydrogen-bond acceptors (Lipinski definition) is 4. The summed E-state index contributed by atoms with van der Waals surface area (Å²) in [6.45, 7) is 0. The second-order valence-electron chi connectivity index (χ2n) is 2.50. The molecule has 5 nitrogen and oxygen atoms in total. The summed E-state index contributed by atoms with van der Waals surface area (Å²) in [5, 5.41) is 7.64. The van der Waals surface area contributed by atoms with Gasteiger partial charge in [0.05, 0.1) is 25.7 Å². The highest BCUT2D eigenvalue weighted by Gasteiger charge is 2.06. The minimum atomic E-state index is -0.491. The molecule has 0 aromatic carbocycles. The van der Waals surface area contributed by atoms with Crippen LogP contribution in [0.25, 0.3) is 5.82 Å². The van der Waals surface area contributed by atoms with Gasteiger partial charge < -0.3 is 4.74 Å². The van der Waals surface area contributed by atoms with E-state index in [2.05, 4.69) is 15.2 Å². The third-order valence-corrected chi connectivity index (χ3v) is 1.65. The fourth-order valence-electron chi connectivity index (χ4n) is 1.00. The molecule has 72 valence electrons. The van der Waals surface area contributed by atoms with Crippen LogP contribution < -0.4 is 4.74 Å². The van der Waals surface area contributed by atoms with E-state index in [0.29, 0.717) is 5.82 Å². The lowest BCUT2D eigenvalue weighted by molar-refractivity contribution is 0.383. The topological polar surface area (TPSA) is 52.8 Å². The van der Waals surface area contributed by atoms with Crippen LogP contribution in [-0.2, 0) is 0 Å². The van der Waals surface area contributed by atoms with Crippen LogP contribution in [0.2, 0.25) is 0 Å². The summed E-state index contributed by atoms with van der Waals surface area (Å²) in [6.07, 6.45) is 4.27. The lowest BCUT2D eigenvalue weighted by Crippen LogP contribution is -2.02. The van der Waals surface area contributed by atoms with Crippen LogP contribution in [0.1, 0.15) is 0 Å². The largest absolute Gasteiger partial charge is 0.492 e. The highest BCUT2D eigenvalue weighted by molar-refractivity contribution is 5.28. The number of rotatable bonds is 2. The monoisotopic (exact) mass is 194 g/mol. The van der Waals surface area contributed by atoms with Crippen molar-refractivity contribution < 1.29 is 9.13 Å². The van der Waals surface area contributed by atoms with Gasteiger partial charge in [0.15, 0.2) is 17.4 Å². The van der Waals surface area contributed by atoms with Crippen molar-refractivity contribution in [3.8, 4) is 11.6 Å². The Balaban J connectivity index is 2.43. The van der Waals surface area contributed by atoms with E-state index < -0.39 is 5.82 Å². The molecular formula is C8H7FN4O. The van der Waals surface area contributed by atoms with Crippen molar-refractivity contribution in [2.75, 3.05) is 7.11 Å². The van der Waals surface area contributed by atoms with Gasteiger partial charge in [-0.3, -0.25) is 0 Å². The Kier molecular flexibility index (Phi) is 2.10. The summed E-state index contributed by atoms with van der Waals surface area (Å²) in [5.74, 6) is -0.0796. The number of ether oxygens (including phenoxy) is 1. The summed E-state index contributed by atoms with van der Waals surface area (Å²) < 4.78 is 17.9. The number of methoxy groups -OCH3 is 1. The second-order valence-corrected chi connectivity index (χ2v) is 2.50. The summed E-state index contributed by atoms with van der Waals surface area (Å²) in [5.41, 5.74) is 0. The van der Waals surface area contributed by atoms with E-state index in [1.165, 1.54) is 36.6 Å². The van der Waals surface area contributed by atoms with Crippen LogP contribution in [0.3, 0.4) is 0 Å². The predicted molar refractivity (Wildman–Crippen MR) is 45.7 cm³/mol. The maximum Gasteiger partial charge on any atom is 0.177 e. The van der Waals surface area contributed by atoms with Crippen LogP contribution in [0, 0.1) is 5.82 Å². The van der Waals surface area contributed by atoms with Gasteiger partial charge in [0.1, 0.15) is 0 Å². The van der Waals surface area contributed by atoms with Gasteiger partial charge in [-0.25, -0.2) is 9.37 Å². The van der Waals surface area contributed by atoms with Crippen LogP contribution in [0.4, 0.5) is 4.39 Å². The Hall–Kier alpha value is -1.98. The molecule has 0 aliphatic rings. The highest BCUT2D eigenvalue weighted by atomic mass is 19.1. The first-order valence-electron chi connectivity index (χ1n) is 3.87. The summed E-state index contributed by atoms with van der Waals surface area (Å²) in [4.78, 5) is 5.15. The van der Waals surface area contributed by atoms with Crippen molar-refractivity contribution in [2.45, 2.75) is 0 Å². The molecule has 0 fully saturated rings. The lowest BCUT2D eigenvalue weighted by atomic mass is 10.4. The molecule has 0 unspecified atom stereocenters. The molecule has 0 radical (unpaired) electrons. The second kappa shape index (κ2) is 3.41. The third-order valence-electron chi connectivity index (χ3n) is 1.65. The summed E-state index contributed by atoms with van der Waals surface area (Å²) >= 11 is 0. The molecule has 0 bridgehead atoms. The molecule has 6 heteroatoms. The molecule has 2 aromatic heterocycles. The molecule has 0 saturated carbocycles. The van der Waals surface area contributed by atoms with E-state index in [9.17, 15) is 4.39 Å². The van der Waals surface area contributed by atoms with E-state index in [-0.39, 0.29) is 5.75 Å². The molecule has 2 heterocycles. The van der Waals surface area contributed by atoms with Gasteiger partial charge >= 0.3 is 0 Å². The maximum absolute atomic E-state index is 13.2. The predicted octanol–water partition coefficient (Wildman–Crippen LogP) is 0.810. The minimum absolute atomic E-state index is 0.0981. The minimum Gasteiger partial charge on any atom is -0.492 e. The smallest absolute Gasteiger partial charge is 0.177 e. The van der Waals surface area contributed by atoms with E-state index in [1.807, 2.05) is 0 Å². The number of aromatic nitrogens is 4. The van der Waals surface area contributed by atoms with E-state index in [1.54, 1.807) is 0 Å². The zero-order valence-corrected chi connectivity index (χ0v) is 7.38. The van der Waals surface area contributed by atoms with Crippen LogP contribution in [0.5, 0.6) is 5.75 Å². The molecular weight excluding hydrogens is 187 g/mol. The normalized spacial score (nSPS) is 10.1. The fourth-order valence-corrected chi connectivity index (χ4v) is 1.00. The Morgan fingerprint density at radius 3 is 2.64 bits per heavy atom. The molecule has 0 aliphatic carbocycles. The van der Waals surface area contributed by atoms with Crippen molar-refractivity contribution >= 4 is 0 Å². The third kappa shape index (κ3) is 1.41. The Bertz CT molecular complexity index is 429. The van der Waals surface area contributed by atoms with E-state index in [0.717, 1.165) is 0 Å². The number of hydrogen-bond donors (Lipinski definition) is 0. The van der Waals surface area contributed by atoms with Gasteiger partial charge in [-0.2, -0.15) is 10.2 Å². The van der Waals surface area contributed by atoms with Gasteiger partial charge in [-0.15, -0.1) is 4.80 Å². The lowest BCUT2D eigenvalue weighted by Gasteiger charge is -2.02. The average Bonchev–Trinajstić information content (AvgIpc) is 2.70. The fraction of sp³-hybridized carbons (Fsp3) is 0.125. The van der Waals surface area contributed by atoms with Gasteiger partial charge in [0.2, 0.25) is 0 Å².